The predicted molar refractivity (Wildman–Crippen MR) is 115 cm³/mol. The molecule has 5 rings (SSSR count). The first-order valence-corrected chi connectivity index (χ1v) is 11.4. The third kappa shape index (κ3) is 2.62. The molecule has 1 aromatic heterocycles. The van der Waals surface area contributed by atoms with Gasteiger partial charge in [-0.15, -0.1) is 11.3 Å². The zero-order chi connectivity index (χ0) is 21.2. The first kappa shape index (κ1) is 19.5. The van der Waals surface area contributed by atoms with E-state index in [0.29, 0.717) is 16.5 Å². The molecular formula is C24H24N2O3S. The van der Waals surface area contributed by atoms with E-state index in [1.165, 1.54) is 21.8 Å². The lowest BCUT2D eigenvalue weighted by molar-refractivity contribution is -0.124. The minimum Gasteiger partial charge on any atom is -0.373 e. The molecule has 0 spiro atoms. The first-order chi connectivity index (χ1) is 14.5. The van der Waals surface area contributed by atoms with Gasteiger partial charge in [-0.3, -0.25) is 9.59 Å². The highest BCUT2D eigenvalue weighted by Crippen LogP contribution is 2.52. The van der Waals surface area contributed by atoms with Crippen molar-refractivity contribution in [2.75, 3.05) is 4.90 Å². The fraction of sp³-hybridized carbons (Fsp3) is 0.458. The number of nitriles is 1. The van der Waals surface area contributed by atoms with Gasteiger partial charge in [-0.25, -0.2) is 4.90 Å². The highest BCUT2D eigenvalue weighted by atomic mass is 32.1. The SMILES string of the molecule is CC[C@@H](C)c1ccc(-c2c(C)sc(N3C(=O)[C@@H]4[C@H](C3=O)[C@H]3CC[C@H]4O3)c2C#N)cc1. The molecule has 6 heteroatoms. The van der Waals surface area contributed by atoms with Gasteiger partial charge >= 0.3 is 0 Å². The number of amides is 2. The summed E-state index contributed by atoms with van der Waals surface area (Å²) in [5, 5.41) is 10.5. The Labute approximate surface area is 180 Å². The molecule has 0 unspecified atom stereocenters. The van der Waals surface area contributed by atoms with E-state index in [0.717, 1.165) is 35.3 Å². The van der Waals surface area contributed by atoms with Gasteiger partial charge in [0.15, 0.2) is 0 Å². The van der Waals surface area contributed by atoms with E-state index in [1.807, 2.05) is 19.1 Å². The Morgan fingerprint density at radius 3 is 2.30 bits per heavy atom. The minimum atomic E-state index is -0.386. The number of hydrogen-bond acceptors (Lipinski definition) is 5. The van der Waals surface area contributed by atoms with Gasteiger partial charge in [0.05, 0.1) is 29.6 Å². The lowest BCUT2D eigenvalue weighted by Gasteiger charge is -2.16. The molecule has 3 aliphatic rings. The van der Waals surface area contributed by atoms with Gasteiger partial charge in [-0.05, 0) is 43.2 Å². The molecule has 4 heterocycles. The molecule has 0 N–H and O–H groups in total. The van der Waals surface area contributed by atoms with Gasteiger partial charge in [0.25, 0.3) is 0 Å². The maximum absolute atomic E-state index is 13.2. The Kier molecular flexibility index (Phi) is 4.57. The van der Waals surface area contributed by atoms with Crippen molar-refractivity contribution in [1.82, 2.24) is 0 Å². The number of carbonyl (C=O) groups is 2. The summed E-state index contributed by atoms with van der Waals surface area (Å²) in [4.78, 5) is 28.6. The number of ether oxygens (including phenoxy) is 1. The smallest absolute Gasteiger partial charge is 0.241 e. The van der Waals surface area contributed by atoms with Gasteiger partial charge in [-0.2, -0.15) is 5.26 Å². The molecule has 3 aliphatic heterocycles. The van der Waals surface area contributed by atoms with Crippen LogP contribution in [0.2, 0.25) is 0 Å². The van der Waals surface area contributed by atoms with Crippen molar-refractivity contribution >= 4 is 28.2 Å². The van der Waals surface area contributed by atoms with Gasteiger partial charge in [-0.1, -0.05) is 38.1 Å². The van der Waals surface area contributed by atoms with Crippen molar-refractivity contribution in [3.63, 3.8) is 0 Å². The quantitative estimate of drug-likeness (QED) is 0.668. The monoisotopic (exact) mass is 420 g/mol. The van der Waals surface area contributed by atoms with E-state index in [9.17, 15) is 14.9 Å². The first-order valence-electron chi connectivity index (χ1n) is 10.6. The zero-order valence-electron chi connectivity index (χ0n) is 17.3. The molecule has 154 valence electrons. The van der Waals surface area contributed by atoms with Gasteiger partial charge in [0.1, 0.15) is 11.1 Å². The number of imide groups is 1. The van der Waals surface area contributed by atoms with Crippen LogP contribution in [0, 0.1) is 30.1 Å². The fourth-order valence-electron chi connectivity index (χ4n) is 5.27. The van der Waals surface area contributed by atoms with Crippen molar-refractivity contribution in [3.8, 4) is 17.2 Å². The van der Waals surface area contributed by atoms with Crippen LogP contribution in [0.3, 0.4) is 0 Å². The number of fused-ring (bicyclic) bond motifs is 5. The maximum Gasteiger partial charge on any atom is 0.241 e. The number of nitrogens with zero attached hydrogens (tertiary/aromatic N) is 2. The van der Waals surface area contributed by atoms with Crippen LogP contribution in [0.4, 0.5) is 5.00 Å². The maximum atomic E-state index is 13.2. The highest BCUT2D eigenvalue weighted by Gasteiger charge is 2.63. The lowest BCUT2D eigenvalue weighted by Crippen LogP contribution is -2.34. The van der Waals surface area contributed by atoms with E-state index in [-0.39, 0.29) is 35.9 Å². The Bertz CT molecular complexity index is 1050. The molecule has 2 bridgehead atoms. The summed E-state index contributed by atoms with van der Waals surface area (Å²) >= 11 is 1.36. The summed E-state index contributed by atoms with van der Waals surface area (Å²) in [6.07, 6.45) is 2.43. The number of benzene rings is 1. The summed E-state index contributed by atoms with van der Waals surface area (Å²) in [6, 6.07) is 10.6. The molecule has 0 radical (unpaired) electrons. The standard InChI is InChI=1S/C24H24N2O3S/c1-4-12(2)14-5-7-15(8-6-14)19-13(3)30-24(16(19)11-25)26-22(27)20-17-9-10-18(29-17)21(20)23(26)28/h5-8,12,17-18,20-21H,4,9-10H2,1-3H3/t12-,17-,18-,20-,21+/m1/s1. The summed E-state index contributed by atoms with van der Waals surface area (Å²) in [5.41, 5.74) is 3.45. The van der Waals surface area contributed by atoms with Crippen molar-refractivity contribution in [2.45, 2.75) is 58.2 Å². The molecule has 0 aliphatic carbocycles. The van der Waals surface area contributed by atoms with Crippen molar-refractivity contribution in [1.29, 1.82) is 5.26 Å². The second-order valence-corrected chi connectivity index (χ2v) is 9.81. The van der Waals surface area contributed by atoms with E-state index in [1.54, 1.807) is 0 Å². The Balaban J connectivity index is 1.55. The zero-order valence-corrected chi connectivity index (χ0v) is 18.2. The fourth-order valence-corrected chi connectivity index (χ4v) is 6.40. The molecule has 3 fully saturated rings. The van der Waals surface area contributed by atoms with Crippen LogP contribution in [0.5, 0.6) is 0 Å². The topological polar surface area (TPSA) is 70.4 Å². The Morgan fingerprint density at radius 1 is 1.17 bits per heavy atom. The number of thiophene rings is 1. The third-order valence-corrected chi connectivity index (χ3v) is 8.14. The summed E-state index contributed by atoms with van der Waals surface area (Å²) in [6.45, 7) is 6.31. The molecule has 2 amide bonds. The molecule has 30 heavy (non-hydrogen) atoms. The number of rotatable bonds is 4. The van der Waals surface area contributed by atoms with Gasteiger partial charge in [0.2, 0.25) is 11.8 Å². The van der Waals surface area contributed by atoms with E-state index < -0.39 is 0 Å². The Morgan fingerprint density at radius 2 is 1.77 bits per heavy atom. The second kappa shape index (κ2) is 7.04. The average Bonchev–Trinajstić information content (AvgIpc) is 3.50. The molecule has 0 saturated carbocycles. The largest absolute Gasteiger partial charge is 0.373 e. The summed E-state index contributed by atoms with van der Waals surface area (Å²) in [7, 11) is 0. The van der Waals surface area contributed by atoms with Crippen LogP contribution in [-0.2, 0) is 14.3 Å². The lowest BCUT2D eigenvalue weighted by atomic mass is 9.81. The molecule has 1 aromatic carbocycles. The van der Waals surface area contributed by atoms with E-state index in [4.69, 9.17) is 4.74 Å². The molecule has 3 saturated heterocycles. The minimum absolute atomic E-state index is 0.152. The third-order valence-electron chi connectivity index (χ3n) is 7.05. The van der Waals surface area contributed by atoms with Crippen LogP contribution >= 0.6 is 11.3 Å². The van der Waals surface area contributed by atoms with Gasteiger partial charge in [0, 0.05) is 10.4 Å². The van der Waals surface area contributed by atoms with Crippen molar-refractivity contribution in [2.24, 2.45) is 11.8 Å². The summed E-state index contributed by atoms with van der Waals surface area (Å²) < 4.78 is 5.83. The second-order valence-electron chi connectivity index (χ2n) is 8.61. The van der Waals surface area contributed by atoms with Gasteiger partial charge < -0.3 is 4.74 Å². The highest BCUT2D eigenvalue weighted by molar-refractivity contribution is 7.17. The summed E-state index contributed by atoms with van der Waals surface area (Å²) in [5.74, 6) is -0.695. The molecule has 5 nitrogen and oxygen atoms in total. The average molecular weight is 421 g/mol. The van der Waals surface area contributed by atoms with E-state index >= 15 is 0 Å². The van der Waals surface area contributed by atoms with Crippen LogP contribution in [0.15, 0.2) is 24.3 Å². The van der Waals surface area contributed by atoms with Crippen LogP contribution < -0.4 is 4.90 Å². The van der Waals surface area contributed by atoms with Crippen molar-refractivity contribution in [3.05, 3.63) is 40.3 Å². The van der Waals surface area contributed by atoms with Crippen molar-refractivity contribution < 1.29 is 14.3 Å². The number of aryl methyl sites for hydroxylation is 1. The number of carbonyl (C=O) groups excluding carboxylic acids is 2. The van der Waals surface area contributed by atoms with Crippen LogP contribution in [0.25, 0.3) is 11.1 Å². The van der Waals surface area contributed by atoms with Crippen LogP contribution in [-0.4, -0.2) is 24.0 Å². The Hall–Kier alpha value is -2.49. The van der Waals surface area contributed by atoms with Crippen LogP contribution in [0.1, 0.15) is 55.0 Å². The molecule has 5 atom stereocenters. The predicted octanol–water partition coefficient (Wildman–Crippen LogP) is 4.78. The number of anilines is 1. The molecule has 2 aromatic rings. The molecular weight excluding hydrogens is 396 g/mol. The van der Waals surface area contributed by atoms with E-state index in [2.05, 4.69) is 32.0 Å². The normalized spacial score (nSPS) is 28.1. The number of hydrogen-bond donors (Lipinski definition) is 0.